The number of ether oxygens (including phenoxy) is 1. The van der Waals surface area contributed by atoms with E-state index in [-0.39, 0.29) is 18.5 Å². The minimum atomic E-state index is -0.669. The van der Waals surface area contributed by atoms with Crippen LogP contribution in [0.5, 0.6) is 0 Å². The Bertz CT molecular complexity index is 1190. The number of hydrogen-bond donors (Lipinski definition) is 3. The highest BCUT2D eigenvalue weighted by molar-refractivity contribution is 5.76. The molecule has 0 rings (SSSR count). The van der Waals surface area contributed by atoms with Gasteiger partial charge in [0.25, 0.3) is 0 Å². The zero-order chi connectivity index (χ0) is 55.0. The number of carbonyl (C=O) groups excluding carboxylic acids is 2. The van der Waals surface area contributed by atoms with Gasteiger partial charge in [0.1, 0.15) is 0 Å². The van der Waals surface area contributed by atoms with Crippen molar-refractivity contribution in [2.24, 2.45) is 0 Å². The van der Waals surface area contributed by atoms with Gasteiger partial charge in [-0.3, -0.25) is 9.59 Å². The van der Waals surface area contributed by atoms with Crippen molar-refractivity contribution in [1.82, 2.24) is 5.32 Å². The van der Waals surface area contributed by atoms with Crippen LogP contribution < -0.4 is 5.32 Å². The SMILES string of the molecule is CCCCCCCCCCCCCCCCCCCCCCCCCC(O)C(CO)NC(=O)CCCCCCCCCCC/C=C\C/C=C\CCCCCCCCCCCOC(=O)CCCCCCCCCCCCC. The largest absolute Gasteiger partial charge is 0.466 e. The van der Waals surface area contributed by atoms with Crippen LogP contribution in [0.2, 0.25) is 0 Å². The molecule has 6 heteroatoms. The lowest BCUT2D eigenvalue weighted by atomic mass is 10.0. The van der Waals surface area contributed by atoms with Crippen LogP contribution in [0.3, 0.4) is 0 Å². The second-order valence-electron chi connectivity index (χ2n) is 23.9. The molecule has 3 N–H and O–H groups in total. The van der Waals surface area contributed by atoms with E-state index in [2.05, 4.69) is 43.5 Å². The van der Waals surface area contributed by atoms with Crippen LogP contribution in [0.15, 0.2) is 24.3 Å². The number of hydrogen-bond acceptors (Lipinski definition) is 5. The molecular formula is C70H135NO5. The number of rotatable bonds is 65. The smallest absolute Gasteiger partial charge is 0.305 e. The molecule has 6 nitrogen and oxygen atoms in total. The molecule has 0 aromatic carbocycles. The van der Waals surface area contributed by atoms with E-state index in [4.69, 9.17) is 4.74 Å². The Kier molecular flexibility index (Phi) is 64.4. The van der Waals surface area contributed by atoms with Gasteiger partial charge < -0.3 is 20.3 Å². The van der Waals surface area contributed by atoms with Crippen molar-refractivity contribution in [3.63, 3.8) is 0 Å². The molecule has 0 aliphatic rings. The van der Waals surface area contributed by atoms with Crippen LogP contribution in [0, 0.1) is 0 Å². The van der Waals surface area contributed by atoms with Gasteiger partial charge in [-0.25, -0.2) is 0 Å². The van der Waals surface area contributed by atoms with Crippen LogP contribution >= 0.6 is 0 Å². The highest BCUT2D eigenvalue weighted by Crippen LogP contribution is 2.19. The molecule has 0 heterocycles. The number of amides is 1. The van der Waals surface area contributed by atoms with Crippen LogP contribution in [-0.4, -0.2) is 47.4 Å². The molecule has 76 heavy (non-hydrogen) atoms. The first kappa shape index (κ1) is 74.3. The molecule has 0 aromatic heterocycles. The minimum absolute atomic E-state index is 0.00942. The van der Waals surface area contributed by atoms with Gasteiger partial charge in [0.2, 0.25) is 5.91 Å². The van der Waals surface area contributed by atoms with E-state index in [1.54, 1.807) is 0 Å². The summed E-state index contributed by atoms with van der Waals surface area (Å²) in [7, 11) is 0. The predicted octanol–water partition coefficient (Wildman–Crippen LogP) is 22.1. The van der Waals surface area contributed by atoms with Gasteiger partial charge in [-0.15, -0.1) is 0 Å². The molecule has 0 saturated carbocycles. The highest BCUT2D eigenvalue weighted by Gasteiger charge is 2.20. The lowest BCUT2D eigenvalue weighted by Crippen LogP contribution is -2.45. The summed E-state index contributed by atoms with van der Waals surface area (Å²) < 4.78 is 5.47. The third-order valence-corrected chi connectivity index (χ3v) is 16.3. The summed E-state index contributed by atoms with van der Waals surface area (Å²) in [4.78, 5) is 24.5. The van der Waals surface area contributed by atoms with E-state index < -0.39 is 12.1 Å². The Morgan fingerprint density at radius 2 is 0.658 bits per heavy atom. The Morgan fingerprint density at radius 1 is 0.368 bits per heavy atom. The van der Waals surface area contributed by atoms with Gasteiger partial charge in [0.05, 0.1) is 25.4 Å². The van der Waals surface area contributed by atoms with E-state index in [1.807, 2.05) is 0 Å². The molecule has 0 radical (unpaired) electrons. The molecule has 2 atom stereocenters. The number of unbranched alkanes of at least 4 members (excludes halogenated alkanes) is 50. The highest BCUT2D eigenvalue weighted by atomic mass is 16.5. The standard InChI is InChI=1S/C70H135NO5/c1-3-5-7-9-11-13-15-16-17-18-19-20-24-27-30-33-36-39-43-46-50-54-58-62-68(73)67(66-72)71-69(74)63-59-55-51-47-44-40-37-34-31-28-25-22-21-23-26-29-32-35-38-41-45-49-53-57-61-65-76-70(75)64-60-56-52-48-42-14-12-10-8-6-4-2/h22-23,25-26,67-68,72-73H,3-21,24,27-66H2,1-2H3,(H,71,74)/b25-22-,26-23-. The Hall–Kier alpha value is -1.66. The van der Waals surface area contributed by atoms with E-state index in [1.165, 1.54) is 308 Å². The van der Waals surface area contributed by atoms with Gasteiger partial charge in [-0.2, -0.15) is 0 Å². The maximum atomic E-state index is 12.5. The van der Waals surface area contributed by atoms with Crippen molar-refractivity contribution in [2.45, 2.75) is 398 Å². The molecule has 0 fully saturated rings. The van der Waals surface area contributed by atoms with Crippen molar-refractivity contribution >= 4 is 11.9 Å². The number of esters is 1. The van der Waals surface area contributed by atoms with E-state index in [0.29, 0.717) is 25.9 Å². The number of allylic oxidation sites excluding steroid dienone is 4. The van der Waals surface area contributed by atoms with Crippen LogP contribution in [-0.2, 0) is 14.3 Å². The number of carbonyl (C=O) groups is 2. The van der Waals surface area contributed by atoms with Crippen molar-refractivity contribution in [3.8, 4) is 0 Å². The molecule has 0 aromatic rings. The van der Waals surface area contributed by atoms with Crippen LogP contribution in [0.1, 0.15) is 386 Å². The molecule has 0 aliphatic heterocycles. The van der Waals surface area contributed by atoms with Crippen molar-refractivity contribution in [1.29, 1.82) is 0 Å². The normalized spacial score (nSPS) is 12.6. The van der Waals surface area contributed by atoms with Crippen molar-refractivity contribution in [2.75, 3.05) is 13.2 Å². The van der Waals surface area contributed by atoms with Crippen molar-refractivity contribution < 1.29 is 24.5 Å². The summed E-state index contributed by atoms with van der Waals surface area (Å²) in [6, 6.07) is -0.547. The average Bonchev–Trinajstić information content (AvgIpc) is 3.42. The topological polar surface area (TPSA) is 95.9 Å². The molecule has 0 aliphatic carbocycles. The van der Waals surface area contributed by atoms with E-state index in [0.717, 1.165) is 44.9 Å². The lowest BCUT2D eigenvalue weighted by Gasteiger charge is -2.22. The average molecular weight is 1070 g/mol. The summed E-state index contributed by atoms with van der Waals surface area (Å²) in [5, 5.41) is 23.4. The number of aliphatic hydroxyl groups is 2. The summed E-state index contributed by atoms with van der Waals surface area (Å²) in [5.74, 6) is -0.0272. The van der Waals surface area contributed by atoms with Crippen LogP contribution in [0.25, 0.3) is 0 Å². The van der Waals surface area contributed by atoms with Gasteiger partial charge >= 0.3 is 5.97 Å². The first-order valence-corrected chi connectivity index (χ1v) is 34.6. The molecule has 0 bridgehead atoms. The minimum Gasteiger partial charge on any atom is -0.466 e. The monoisotopic (exact) mass is 1070 g/mol. The summed E-state index contributed by atoms with van der Waals surface area (Å²) in [5.41, 5.74) is 0. The second kappa shape index (κ2) is 65.9. The maximum absolute atomic E-state index is 12.5. The maximum Gasteiger partial charge on any atom is 0.305 e. The van der Waals surface area contributed by atoms with Gasteiger partial charge in [0.15, 0.2) is 0 Å². The Labute approximate surface area is 475 Å². The second-order valence-corrected chi connectivity index (χ2v) is 23.9. The summed E-state index contributed by atoms with van der Waals surface area (Å²) in [6.45, 7) is 4.98. The molecule has 1 amide bonds. The van der Waals surface area contributed by atoms with Crippen LogP contribution in [0.4, 0.5) is 0 Å². The van der Waals surface area contributed by atoms with Gasteiger partial charge in [0, 0.05) is 12.8 Å². The quantitative estimate of drug-likeness (QED) is 0.0320. The first-order chi connectivity index (χ1) is 37.5. The molecule has 2 unspecified atom stereocenters. The fourth-order valence-electron chi connectivity index (χ4n) is 11.0. The fraction of sp³-hybridized carbons (Fsp3) is 0.914. The van der Waals surface area contributed by atoms with Gasteiger partial charge in [-0.1, -0.05) is 340 Å². The molecule has 0 spiro atoms. The number of nitrogens with one attached hydrogen (secondary N) is 1. The van der Waals surface area contributed by atoms with E-state index >= 15 is 0 Å². The molecular weight excluding hydrogens is 935 g/mol. The summed E-state index contributed by atoms with van der Waals surface area (Å²) in [6.07, 6.45) is 82.2. The third-order valence-electron chi connectivity index (χ3n) is 16.3. The summed E-state index contributed by atoms with van der Waals surface area (Å²) >= 11 is 0. The predicted molar refractivity (Wildman–Crippen MR) is 333 cm³/mol. The molecule has 0 saturated heterocycles. The first-order valence-electron chi connectivity index (χ1n) is 34.6. The Balaban J connectivity index is 3.43. The zero-order valence-electron chi connectivity index (χ0n) is 51.5. The third kappa shape index (κ3) is 61.6. The zero-order valence-corrected chi connectivity index (χ0v) is 51.5. The Morgan fingerprint density at radius 3 is 1.00 bits per heavy atom. The number of aliphatic hydroxyl groups excluding tert-OH is 2. The fourth-order valence-corrected chi connectivity index (χ4v) is 11.0. The molecule has 450 valence electrons. The van der Waals surface area contributed by atoms with E-state index in [9.17, 15) is 19.8 Å². The van der Waals surface area contributed by atoms with Crippen molar-refractivity contribution in [3.05, 3.63) is 24.3 Å². The van der Waals surface area contributed by atoms with Gasteiger partial charge in [-0.05, 0) is 57.8 Å². The lowest BCUT2D eigenvalue weighted by molar-refractivity contribution is -0.143.